The third kappa shape index (κ3) is 3.82. The van der Waals surface area contributed by atoms with E-state index in [0.29, 0.717) is 11.3 Å². The van der Waals surface area contributed by atoms with Gasteiger partial charge < -0.3 is 10.6 Å². The molecule has 6 nitrogen and oxygen atoms in total. The topological polar surface area (TPSA) is 82.7 Å². The van der Waals surface area contributed by atoms with Crippen molar-refractivity contribution < 1.29 is 18.0 Å². The van der Waals surface area contributed by atoms with Crippen LogP contribution >= 0.6 is 11.3 Å². The molecule has 1 aliphatic rings. The van der Waals surface area contributed by atoms with Crippen LogP contribution in [0.1, 0.15) is 39.4 Å². The fraction of sp³-hybridized carbons (Fsp3) is 0.211. The molecule has 0 radical (unpaired) electrons. The smallest absolute Gasteiger partial charge is 0.363 e. The van der Waals surface area contributed by atoms with Crippen molar-refractivity contribution in [1.82, 2.24) is 9.78 Å². The second-order valence-electron chi connectivity index (χ2n) is 6.51. The number of nitriles is 1. The average Bonchev–Trinajstić information content (AvgIpc) is 3.36. The van der Waals surface area contributed by atoms with Gasteiger partial charge in [-0.3, -0.25) is 4.79 Å². The van der Waals surface area contributed by atoms with Crippen LogP contribution in [0.15, 0.2) is 47.8 Å². The van der Waals surface area contributed by atoms with Crippen molar-refractivity contribution in [1.29, 1.82) is 5.26 Å². The van der Waals surface area contributed by atoms with E-state index in [1.807, 2.05) is 11.4 Å². The molecule has 4 rings (SSSR count). The summed E-state index contributed by atoms with van der Waals surface area (Å²) in [6.07, 6.45) is -4.71. The number of thiophene rings is 1. The highest BCUT2D eigenvalue weighted by molar-refractivity contribution is 7.10. The summed E-state index contributed by atoms with van der Waals surface area (Å²) in [5.74, 6) is -0.492. The monoisotopic (exact) mass is 417 g/mol. The molecule has 3 aromatic rings. The summed E-state index contributed by atoms with van der Waals surface area (Å²) in [6, 6.07) is 10.6. The Balaban J connectivity index is 1.61. The van der Waals surface area contributed by atoms with Crippen molar-refractivity contribution in [3.63, 3.8) is 0 Å². The van der Waals surface area contributed by atoms with Crippen molar-refractivity contribution in [3.05, 3.63) is 64.0 Å². The molecule has 0 aliphatic carbocycles. The summed E-state index contributed by atoms with van der Waals surface area (Å²) >= 11 is 1.37. The van der Waals surface area contributed by atoms with Crippen LogP contribution in [0.2, 0.25) is 0 Å². The fourth-order valence-electron chi connectivity index (χ4n) is 3.18. The van der Waals surface area contributed by atoms with Crippen LogP contribution in [0.4, 0.5) is 24.7 Å². The minimum absolute atomic E-state index is 0.127. The molecule has 2 aromatic heterocycles. The number of hydrogen-bond donors (Lipinski definition) is 2. The maximum atomic E-state index is 13.7. The second kappa shape index (κ2) is 7.25. The largest absolute Gasteiger partial charge is 0.410 e. The van der Waals surface area contributed by atoms with Gasteiger partial charge in [0.1, 0.15) is 5.82 Å². The van der Waals surface area contributed by atoms with Crippen LogP contribution in [-0.4, -0.2) is 21.9 Å². The van der Waals surface area contributed by atoms with E-state index in [-0.39, 0.29) is 17.9 Å². The summed E-state index contributed by atoms with van der Waals surface area (Å²) in [4.78, 5) is 13.3. The van der Waals surface area contributed by atoms with Gasteiger partial charge in [0.15, 0.2) is 11.7 Å². The highest BCUT2D eigenvalue weighted by Crippen LogP contribution is 2.44. The average molecular weight is 417 g/mol. The number of nitrogens with zero attached hydrogens (tertiary/aromatic N) is 3. The number of hydrogen-bond acceptors (Lipinski definition) is 5. The van der Waals surface area contributed by atoms with Gasteiger partial charge in [0.05, 0.1) is 17.7 Å². The number of alkyl halides is 3. The highest BCUT2D eigenvalue weighted by atomic mass is 32.1. The van der Waals surface area contributed by atoms with Gasteiger partial charge in [0, 0.05) is 23.1 Å². The SMILES string of the molecule is N#Cc1ccc(NC(=O)c2cc3n(n2)[C@@H](C(F)(F)F)C[C@@H](c2cccs2)N3)cc1. The zero-order valence-electron chi connectivity index (χ0n) is 14.8. The Kier molecular flexibility index (Phi) is 4.76. The molecule has 0 unspecified atom stereocenters. The van der Waals surface area contributed by atoms with Crippen LogP contribution < -0.4 is 10.6 Å². The van der Waals surface area contributed by atoms with Crippen molar-refractivity contribution in [2.45, 2.75) is 24.7 Å². The molecule has 10 heteroatoms. The molecular formula is C19H14F3N5OS. The van der Waals surface area contributed by atoms with Crippen LogP contribution in [-0.2, 0) is 0 Å². The normalized spacial score (nSPS) is 18.4. The van der Waals surface area contributed by atoms with Gasteiger partial charge >= 0.3 is 6.18 Å². The van der Waals surface area contributed by atoms with E-state index >= 15 is 0 Å². The molecule has 1 aromatic carbocycles. The molecule has 0 spiro atoms. The number of carbonyl (C=O) groups is 1. The predicted molar refractivity (Wildman–Crippen MR) is 102 cm³/mol. The Morgan fingerprint density at radius 2 is 2.07 bits per heavy atom. The van der Waals surface area contributed by atoms with E-state index in [4.69, 9.17) is 5.26 Å². The Bertz CT molecular complexity index is 1070. The maximum absolute atomic E-state index is 13.7. The number of anilines is 2. The Hall–Kier alpha value is -3.32. The first kappa shape index (κ1) is 19.0. The first-order chi connectivity index (χ1) is 13.8. The fourth-order valence-corrected chi connectivity index (χ4v) is 3.97. The van der Waals surface area contributed by atoms with Crippen molar-refractivity contribution in [2.75, 3.05) is 10.6 Å². The van der Waals surface area contributed by atoms with Crippen LogP contribution in [0.3, 0.4) is 0 Å². The molecule has 1 aliphatic heterocycles. The molecule has 0 saturated heterocycles. The molecule has 148 valence electrons. The van der Waals surface area contributed by atoms with Crippen molar-refractivity contribution in [2.24, 2.45) is 0 Å². The van der Waals surface area contributed by atoms with Gasteiger partial charge in [-0.25, -0.2) is 4.68 Å². The molecule has 3 heterocycles. The molecule has 29 heavy (non-hydrogen) atoms. The first-order valence-corrected chi connectivity index (χ1v) is 9.51. The van der Waals surface area contributed by atoms with Crippen molar-refractivity contribution >= 4 is 28.7 Å². The van der Waals surface area contributed by atoms with E-state index in [9.17, 15) is 18.0 Å². The lowest BCUT2D eigenvalue weighted by atomic mass is 10.0. The molecule has 2 N–H and O–H groups in total. The molecule has 2 atom stereocenters. The molecule has 0 bridgehead atoms. The number of amides is 1. The third-order valence-electron chi connectivity index (χ3n) is 4.58. The number of nitrogens with one attached hydrogen (secondary N) is 2. The van der Waals surface area contributed by atoms with E-state index in [0.717, 1.165) is 9.56 Å². The lowest BCUT2D eigenvalue weighted by molar-refractivity contribution is -0.173. The van der Waals surface area contributed by atoms with Gasteiger partial charge in [0.2, 0.25) is 0 Å². The minimum Gasteiger partial charge on any atom is -0.363 e. The quantitative estimate of drug-likeness (QED) is 0.646. The number of rotatable bonds is 3. The minimum atomic E-state index is -4.50. The number of carbonyl (C=O) groups excluding carboxylic acids is 1. The lowest BCUT2D eigenvalue weighted by Crippen LogP contribution is -2.35. The van der Waals surface area contributed by atoms with Crippen LogP contribution in [0, 0.1) is 11.3 Å². The molecule has 0 saturated carbocycles. The molecule has 0 fully saturated rings. The Morgan fingerprint density at radius 1 is 1.31 bits per heavy atom. The zero-order chi connectivity index (χ0) is 20.6. The standard InChI is InChI=1S/C19H14F3N5OS/c20-19(21,22)16-8-13(15-2-1-7-29-15)25-17-9-14(26-27(16)17)18(28)24-12-5-3-11(10-23)4-6-12/h1-7,9,13,16,25H,8H2,(H,24,28)/t13-,16+/m0/s1. The number of halogens is 3. The summed E-state index contributed by atoms with van der Waals surface area (Å²) in [6.45, 7) is 0. The third-order valence-corrected chi connectivity index (χ3v) is 5.57. The number of aromatic nitrogens is 2. The molecule has 1 amide bonds. The maximum Gasteiger partial charge on any atom is 0.410 e. The summed E-state index contributed by atoms with van der Waals surface area (Å²) in [5.41, 5.74) is 0.715. The van der Waals surface area contributed by atoms with Crippen LogP contribution in [0.5, 0.6) is 0 Å². The zero-order valence-corrected chi connectivity index (χ0v) is 15.6. The van der Waals surface area contributed by atoms with E-state index in [1.165, 1.54) is 41.7 Å². The summed E-state index contributed by atoms with van der Waals surface area (Å²) < 4.78 is 41.8. The van der Waals surface area contributed by atoms with Gasteiger partial charge in [-0.2, -0.15) is 23.5 Å². The molecular weight excluding hydrogens is 403 g/mol. The van der Waals surface area contributed by atoms with E-state index < -0.39 is 24.2 Å². The van der Waals surface area contributed by atoms with Crippen molar-refractivity contribution in [3.8, 4) is 6.07 Å². The predicted octanol–water partition coefficient (Wildman–Crippen LogP) is 4.73. The number of benzene rings is 1. The second-order valence-corrected chi connectivity index (χ2v) is 7.49. The van der Waals surface area contributed by atoms with Crippen LogP contribution in [0.25, 0.3) is 0 Å². The highest BCUT2D eigenvalue weighted by Gasteiger charge is 2.47. The Morgan fingerprint density at radius 3 is 2.69 bits per heavy atom. The van der Waals surface area contributed by atoms with Gasteiger partial charge in [0.25, 0.3) is 5.91 Å². The lowest BCUT2D eigenvalue weighted by Gasteiger charge is -2.32. The first-order valence-electron chi connectivity index (χ1n) is 8.63. The number of fused-ring (bicyclic) bond motifs is 1. The van der Waals surface area contributed by atoms with Gasteiger partial charge in [-0.05, 0) is 35.7 Å². The summed E-state index contributed by atoms with van der Waals surface area (Å²) in [7, 11) is 0. The van der Waals surface area contributed by atoms with Gasteiger partial charge in [-0.15, -0.1) is 11.3 Å². The van der Waals surface area contributed by atoms with Gasteiger partial charge in [-0.1, -0.05) is 6.07 Å². The summed E-state index contributed by atoms with van der Waals surface area (Å²) in [5, 5.41) is 20.2. The van der Waals surface area contributed by atoms with E-state index in [2.05, 4.69) is 15.7 Å². The Labute approximate surface area is 167 Å². The van der Waals surface area contributed by atoms with E-state index in [1.54, 1.807) is 12.1 Å².